The molecule has 0 radical (unpaired) electrons. The number of rotatable bonds is 5. The van der Waals surface area contributed by atoms with Gasteiger partial charge in [-0.25, -0.2) is 9.78 Å². The number of nitrogens with zero attached hydrogens (tertiary/aromatic N) is 2. The van der Waals surface area contributed by atoms with E-state index >= 15 is 0 Å². The Labute approximate surface area is 134 Å². The number of esters is 1. The van der Waals surface area contributed by atoms with Crippen molar-refractivity contribution in [2.75, 3.05) is 7.11 Å². The second-order valence-electron chi connectivity index (χ2n) is 6.15. The van der Waals surface area contributed by atoms with Crippen LogP contribution < -0.4 is 0 Å². The Bertz CT molecular complexity index is 547. The van der Waals surface area contributed by atoms with Gasteiger partial charge in [0.05, 0.1) is 13.7 Å². The molecule has 2 fully saturated rings. The highest BCUT2D eigenvalue weighted by molar-refractivity contribution is 7.09. The Morgan fingerprint density at radius 3 is 2.64 bits per heavy atom. The summed E-state index contributed by atoms with van der Waals surface area (Å²) in [5.41, 5.74) is 0.338. The summed E-state index contributed by atoms with van der Waals surface area (Å²) < 4.78 is 4.69. The molecule has 0 aliphatic heterocycles. The number of carbonyl (C=O) groups excluding carboxylic acids is 2. The molecule has 1 aromatic heterocycles. The van der Waals surface area contributed by atoms with Crippen molar-refractivity contribution >= 4 is 23.2 Å². The van der Waals surface area contributed by atoms with E-state index in [-0.39, 0.29) is 11.8 Å². The van der Waals surface area contributed by atoms with E-state index in [2.05, 4.69) is 4.98 Å². The predicted octanol–water partition coefficient (Wildman–Crippen LogP) is 3.00. The lowest BCUT2D eigenvalue weighted by molar-refractivity contribution is -0.136. The average molecular weight is 322 g/mol. The largest absolute Gasteiger partial charge is 0.464 e. The Morgan fingerprint density at radius 1 is 1.27 bits per heavy atom. The third-order valence-electron chi connectivity index (χ3n) is 4.48. The van der Waals surface area contributed by atoms with Gasteiger partial charge in [-0.1, -0.05) is 19.3 Å². The van der Waals surface area contributed by atoms with Crippen molar-refractivity contribution in [2.45, 2.75) is 57.5 Å². The summed E-state index contributed by atoms with van der Waals surface area (Å²) >= 11 is 1.43. The Kier molecular flexibility index (Phi) is 4.76. The number of amides is 1. The fraction of sp³-hybridized carbons (Fsp3) is 0.688. The van der Waals surface area contributed by atoms with Gasteiger partial charge in [0.25, 0.3) is 0 Å². The highest BCUT2D eigenvalue weighted by atomic mass is 32.1. The van der Waals surface area contributed by atoms with Crippen molar-refractivity contribution < 1.29 is 14.3 Å². The third kappa shape index (κ3) is 3.48. The van der Waals surface area contributed by atoms with E-state index in [0.717, 1.165) is 30.7 Å². The van der Waals surface area contributed by atoms with Gasteiger partial charge in [-0.3, -0.25) is 4.79 Å². The van der Waals surface area contributed by atoms with Crippen LogP contribution in [0.25, 0.3) is 0 Å². The molecule has 22 heavy (non-hydrogen) atoms. The Morgan fingerprint density at radius 2 is 2.00 bits per heavy atom. The van der Waals surface area contributed by atoms with Gasteiger partial charge >= 0.3 is 5.97 Å². The summed E-state index contributed by atoms with van der Waals surface area (Å²) in [6, 6.07) is 0.340. The summed E-state index contributed by atoms with van der Waals surface area (Å²) in [7, 11) is 1.35. The third-order valence-corrected chi connectivity index (χ3v) is 5.31. The molecule has 2 aliphatic carbocycles. The fourth-order valence-electron chi connectivity index (χ4n) is 3.07. The first kappa shape index (κ1) is 15.5. The Hall–Kier alpha value is -1.43. The molecule has 5 nitrogen and oxygen atoms in total. The molecular formula is C16H22N2O3S. The molecule has 0 atom stereocenters. The molecule has 0 unspecified atom stereocenters. The molecular weight excluding hydrogens is 300 g/mol. The predicted molar refractivity (Wildman–Crippen MR) is 83.6 cm³/mol. The van der Waals surface area contributed by atoms with Crippen LogP contribution >= 0.6 is 11.3 Å². The molecule has 3 rings (SSSR count). The zero-order chi connectivity index (χ0) is 15.5. The second-order valence-corrected chi connectivity index (χ2v) is 7.09. The van der Waals surface area contributed by atoms with Crippen LogP contribution in [0.3, 0.4) is 0 Å². The van der Waals surface area contributed by atoms with Gasteiger partial charge in [0, 0.05) is 17.3 Å². The minimum absolute atomic E-state index is 0.224. The molecule has 0 N–H and O–H groups in total. The minimum Gasteiger partial charge on any atom is -0.464 e. The van der Waals surface area contributed by atoms with Crippen LogP contribution in [-0.2, 0) is 16.1 Å². The van der Waals surface area contributed by atoms with Crippen LogP contribution in [0.2, 0.25) is 0 Å². The lowest BCUT2D eigenvalue weighted by atomic mass is 9.94. The lowest BCUT2D eigenvalue weighted by Gasteiger charge is -2.34. The number of hydrogen-bond donors (Lipinski definition) is 0. The van der Waals surface area contributed by atoms with Gasteiger partial charge in [0.2, 0.25) is 5.91 Å². The van der Waals surface area contributed by atoms with E-state index in [4.69, 9.17) is 4.74 Å². The number of carbonyl (C=O) groups is 2. The standard InChI is InChI=1S/C16H22N2O3S/c1-21-16(20)13-10-22-14(17-13)9-18(15(19)11-7-8-11)12-5-3-2-4-6-12/h10-12H,2-9H2,1H3. The maximum atomic E-state index is 12.6. The number of hydrogen-bond acceptors (Lipinski definition) is 5. The molecule has 120 valence electrons. The zero-order valence-corrected chi connectivity index (χ0v) is 13.7. The van der Waals surface area contributed by atoms with E-state index in [0.29, 0.717) is 18.3 Å². The maximum Gasteiger partial charge on any atom is 0.357 e. The van der Waals surface area contributed by atoms with Crippen LogP contribution in [0.15, 0.2) is 5.38 Å². The van der Waals surface area contributed by atoms with Crippen molar-refractivity contribution in [3.8, 4) is 0 Å². The quantitative estimate of drug-likeness (QED) is 0.782. The normalized spacial score (nSPS) is 19.0. The number of ether oxygens (including phenoxy) is 1. The minimum atomic E-state index is -0.416. The van der Waals surface area contributed by atoms with E-state index < -0.39 is 5.97 Å². The van der Waals surface area contributed by atoms with Gasteiger partial charge in [-0.15, -0.1) is 11.3 Å². The summed E-state index contributed by atoms with van der Waals surface area (Å²) in [5, 5.41) is 2.53. The first-order valence-corrected chi connectivity index (χ1v) is 8.90. The molecule has 6 heteroatoms. The van der Waals surface area contributed by atoms with E-state index in [9.17, 15) is 9.59 Å². The fourth-order valence-corrected chi connectivity index (χ4v) is 3.83. The van der Waals surface area contributed by atoms with Gasteiger partial charge < -0.3 is 9.64 Å². The monoisotopic (exact) mass is 322 g/mol. The molecule has 2 saturated carbocycles. The molecule has 0 bridgehead atoms. The topological polar surface area (TPSA) is 59.5 Å². The van der Waals surface area contributed by atoms with Gasteiger partial charge in [0.15, 0.2) is 5.69 Å². The number of thiazole rings is 1. The van der Waals surface area contributed by atoms with E-state index in [1.165, 1.54) is 37.7 Å². The van der Waals surface area contributed by atoms with Crippen molar-refractivity contribution in [3.05, 3.63) is 16.1 Å². The van der Waals surface area contributed by atoms with Crippen LogP contribution in [0, 0.1) is 5.92 Å². The average Bonchev–Trinajstić information content (AvgIpc) is 3.31. The van der Waals surface area contributed by atoms with Crippen molar-refractivity contribution in [1.82, 2.24) is 9.88 Å². The van der Waals surface area contributed by atoms with E-state index in [1.54, 1.807) is 5.38 Å². The molecule has 0 spiro atoms. The molecule has 0 saturated heterocycles. The molecule has 1 aromatic rings. The molecule has 0 aromatic carbocycles. The van der Waals surface area contributed by atoms with Gasteiger partial charge in [-0.2, -0.15) is 0 Å². The van der Waals surface area contributed by atoms with Crippen molar-refractivity contribution in [1.29, 1.82) is 0 Å². The molecule has 1 heterocycles. The van der Waals surface area contributed by atoms with E-state index in [1.807, 2.05) is 4.90 Å². The highest BCUT2D eigenvalue weighted by Crippen LogP contribution is 2.34. The number of aromatic nitrogens is 1. The lowest BCUT2D eigenvalue weighted by Crippen LogP contribution is -2.41. The van der Waals surface area contributed by atoms with Crippen molar-refractivity contribution in [3.63, 3.8) is 0 Å². The summed E-state index contributed by atoms with van der Waals surface area (Å²) in [4.78, 5) is 30.5. The zero-order valence-electron chi connectivity index (χ0n) is 12.9. The van der Waals surface area contributed by atoms with Gasteiger partial charge in [0.1, 0.15) is 5.01 Å². The Balaban J connectivity index is 1.72. The summed E-state index contributed by atoms with van der Waals surface area (Å²) in [6.07, 6.45) is 7.89. The van der Waals surface area contributed by atoms with Gasteiger partial charge in [-0.05, 0) is 25.7 Å². The smallest absolute Gasteiger partial charge is 0.357 e. The van der Waals surface area contributed by atoms with Crippen LogP contribution in [0.4, 0.5) is 0 Å². The SMILES string of the molecule is COC(=O)c1csc(CN(C(=O)C2CC2)C2CCCCC2)n1. The summed E-state index contributed by atoms with van der Waals surface area (Å²) in [5.74, 6) is 0.0870. The van der Waals surface area contributed by atoms with Crippen molar-refractivity contribution in [2.24, 2.45) is 5.92 Å². The summed E-state index contributed by atoms with van der Waals surface area (Å²) in [6.45, 7) is 0.529. The highest BCUT2D eigenvalue weighted by Gasteiger charge is 2.37. The molecule has 2 aliphatic rings. The van der Waals surface area contributed by atoms with Crippen LogP contribution in [0.1, 0.15) is 60.4 Å². The van der Waals surface area contributed by atoms with Crippen LogP contribution in [0.5, 0.6) is 0 Å². The molecule has 1 amide bonds. The maximum absolute atomic E-state index is 12.6. The first-order valence-electron chi connectivity index (χ1n) is 8.02. The first-order chi connectivity index (χ1) is 10.7. The number of methoxy groups -OCH3 is 1. The second kappa shape index (κ2) is 6.77. The van der Waals surface area contributed by atoms with Crippen LogP contribution in [-0.4, -0.2) is 34.9 Å².